The summed E-state index contributed by atoms with van der Waals surface area (Å²) in [6.45, 7) is 0.905. The molecule has 0 atom stereocenters. The Labute approximate surface area is 128 Å². The number of thiocarbonyl (C=S) groups is 1. The first-order valence-corrected chi connectivity index (χ1v) is 7.63. The molecule has 0 heterocycles. The Morgan fingerprint density at radius 3 is 2.62 bits per heavy atom. The van der Waals surface area contributed by atoms with Gasteiger partial charge < -0.3 is 15.8 Å². The molecule has 0 unspecified atom stereocenters. The molecule has 2 rings (SSSR count). The van der Waals surface area contributed by atoms with Gasteiger partial charge in [-0.15, -0.1) is 0 Å². The first-order valence-electron chi connectivity index (χ1n) is 7.23. The molecular formula is C15H20F2N2OS. The first-order chi connectivity index (χ1) is 10.1. The van der Waals surface area contributed by atoms with Gasteiger partial charge in [0, 0.05) is 12.1 Å². The molecule has 1 saturated carbocycles. The van der Waals surface area contributed by atoms with Crippen LogP contribution in [0.4, 0.5) is 14.5 Å². The Bertz CT molecular complexity index is 505. The summed E-state index contributed by atoms with van der Waals surface area (Å²) in [5, 5.41) is 2.84. The van der Waals surface area contributed by atoms with Crippen LogP contribution in [0.3, 0.4) is 0 Å². The van der Waals surface area contributed by atoms with E-state index in [4.69, 9.17) is 10.5 Å². The number of ether oxygens (including phenoxy) is 1. The normalized spacial score (nSPS) is 15.9. The standard InChI is InChI=1S/C15H20F2N2OS/c16-13-11(15(18)21)6-7-12(14(13)17)19-8-9-20-10-4-2-1-3-5-10/h6-7,10,19H,1-5,8-9H2,(H2,18,21). The van der Waals surface area contributed by atoms with E-state index in [-0.39, 0.29) is 16.2 Å². The lowest BCUT2D eigenvalue weighted by molar-refractivity contribution is 0.0347. The highest BCUT2D eigenvalue weighted by molar-refractivity contribution is 7.80. The van der Waals surface area contributed by atoms with E-state index in [9.17, 15) is 8.78 Å². The molecule has 6 heteroatoms. The molecule has 0 spiro atoms. The molecule has 0 saturated heterocycles. The predicted molar refractivity (Wildman–Crippen MR) is 83.6 cm³/mol. The second-order valence-corrected chi connectivity index (χ2v) is 5.65. The molecule has 3 nitrogen and oxygen atoms in total. The number of hydrogen-bond donors (Lipinski definition) is 2. The lowest BCUT2D eigenvalue weighted by Gasteiger charge is -2.22. The molecular weight excluding hydrogens is 294 g/mol. The number of rotatable bonds is 6. The van der Waals surface area contributed by atoms with Gasteiger partial charge in [-0.05, 0) is 25.0 Å². The van der Waals surface area contributed by atoms with Gasteiger partial charge in [-0.25, -0.2) is 8.78 Å². The summed E-state index contributed by atoms with van der Waals surface area (Å²) in [5.74, 6) is -1.97. The summed E-state index contributed by atoms with van der Waals surface area (Å²) in [6.07, 6.45) is 6.17. The van der Waals surface area contributed by atoms with E-state index in [1.54, 1.807) is 0 Å². The lowest BCUT2D eigenvalue weighted by Crippen LogP contribution is -2.21. The van der Waals surface area contributed by atoms with Gasteiger partial charge in [-0.3, -0.25) is 0 Å². The quantitative estimate of drug-likeness (QED) is 0.624. The SMILES string of the molecule is NC(=S)c1ccc(NCCOC2CCCCC2)c(F)c1F. The van der Waals surface area contributed by atoms with Gasteiger partial charge in [0.25, 0.3) is 0 Å². The van der Waals surface area contributed by atoms with E-state index in [0.29, 0.717) is 19.3 Å². The Morgan fingerprint density at radius 2 is 1.95 bits per heavy atom. The van der Waals surface area contributed by atoms with Crippen LogP contribution in [0.5, 0.6) is 0 Å². The Balaban J connectivity index is 1.83. The summed E-state index contributed by atoms with van der Waals surface area (Å²) in [4.78, 5) is -0.154. The number of nitrogens with one attached hydrogen (secondary N) is 1. The maximum Gasteiger partial charge on any atom is 0.182 e. The molecule has 116 valence electrons. The van der Waals surface area contributed by atoms with Crippen LogP contribution in [0.1, 0.15) is 37.7 Å². The maximum atomic E-state index is 13.8. The van der Waals surface area contributed by atoms with E-state index in [1.807, 2.05) is 0 Å². The van der Waals surface area contributed by atoms with Crippen LogP contribution in [0, 0.1) is 11.6 Å². The van der Waals surface area contributed by atoms with Crippen molar-refractivity contribution in [2.24, 2.45) is 5.73 Å². The molecule has 0 bridgehead atoms. The fraction of sp³-hybridized carbons (Fsp3) is 0.533. The third-order valence-corrected chi connectivity index (χ3v) is 3.89. The molecule has 1 fully saturated rings. The summed E-state index contributed by atoms with van der Waals surface area (Å²) >= 11 is 4.66. The lowest BCUT2D eigenvalue weighted by atomic mass is 9.98. The highest BCUT2D eigenvalue weighted by Crippen LogP contribution is 2.21. The molecule has 0 aliphatic heterocycles. The maximum absolute atomic E-state index is 13.8. The van der Waals surface area contributed by atoms with Crippen molar-refractivity contribution in [1.29, 1.82) is 0 Å². The van der Waals surface area contributed by atoms with Crippen molar-refractivity contribution in [3.05, 3.63) is 29.3 Å². The van der Waals surface area contributed by atoms with Crippen molar-refractivity contribution < 1.29 is 13.5 Å². The average molecular weight is 314 g/mol. The van der Waals surface area contributed by atoms with Gasteiger partial charge in [-0.1, -0.05) is 31.5 Å². The van der Waals surface area contributed by atoms with Crippen molar-refractivity contribution in [3.8, 4) is 0 Å². The summed E-state index contributed by atoms with van der Waals surface area (Å²) in [5.41, 5.74) is 5.34. The Kier molecular flexibility index (Phi) is 5.87. The highest BCUT2D eigenvalue weighted by atomic mass is 32.1. The zero-order chi connectivity index (χ0) is 15.2. The van der Waals surface area contributed by atoms with Crippen LogP contribution in [-0.2, 0) is 4.74 Å². The van der Waals surface area contributed by atoms with Gasteiger partial charge in [-0.2, -0.15) is 0 Å². The third kappa shape index (κ3) is 4.35. The van der Waals surface area contributed by atoms with Crippen molar-refractivity contribution in [2.45, 2.75) is 38.2 Å². The number of anilines is 1. The minimum Gasteiger partial charge on any atom is -0.389 e. The molecule has 1 aliphatic rings. The second kappa shape index (κ2) is 7.66. The monoisotopic (exact) mass is 314 g/mol. The molecule has 3 N–H and O–H groups in total. The van der Waals surface area contributed by atoms with Gasteiger partial charge in [0.05, 0.1) is 18.4 Å². The van der Waals surface area contributed by atoms with Crippen LogP contribution < -0.4 is 11.1 Å². The molecule has 21 heavy (non-hydrogen) atoms. The van der Waals surface area contributed by atoms with E-state index in [2.05, 4.69) is 17.5 Å². The topological polar surface area (TPSA) is 47.3 Å². The molecule has 0 aromatic heterocycles. The average Bonchev–Trinajstić information content (AvgIpc) is 2.48. The van der Waals surface area contributed by atoms with Crippen LogP contribution in [0.2, 0.25) is 0 Å². The molecule has 1 aromatic carbocycles. The van der Waals surface area contributed by atoms with Gasteiger partial charge in [0.15, 0.2) is 11.6 Å². The summed E-state index contributed by atoms with van der Waals surface area (Å²) < 4.78 is 33.2. The number of nitrogens with two attached hydrogens (primary N) is 1. The zero-order valence-electron chi connectivity index (χ0n) is 11.8. The number of halogens is 2. The largest absolute Gasteiger partial charge is 0.389 e. The van der Waals surface area contributed by atoms with Crippen LogP contribution in [0.15, 0.2) is 12.1 Å². The minimum atomic E-state index is -1.01. The number of hydrogen-bond acceptors (Lipinski definition) is 3. The molecule has 0 amide bonds. The second-order valence-electron chi connectivity index (χ2n) is 5.21. The number of benzene rings is 1. The van der Waals surface area contributed by atoms with Gasteiger partial charge in [0.1, 0.15) is 4.99 Å². The van der Waals surface area contributed by atoms with Crippen molar-refractivity contribution >= 4 is 22.9 Å². The summed E-state index contributed by atoms with van der Waals surface area (Å²) in [7, 11) is 0. The van der Waals surface area contributed by atoms with Crippen LogP contribution >= 0.6 is 12.2 Å². The zero-order valence-corrected chi connectivity index (χ0v) is 12.6. The minimum absolute atomic E-state index is 0.0773. The fourth-order valence-corrected chi connectivity index (χ4v) is 2.68. The fourth-order valence-electron chi connectivity index (χ4n) is 2.52. The third-order valence-electron chi connectivity index (χ3n) is 3.67. The molecule has 1 aromatic rings. The van der Waals surface area contributed by atoms with Gasteiger partial charge >= 0.3 is 0 Å². The van der Waals surface area contributed by atoms with Crippen molar-refractivity contribution in [3.63, 3.8) is 0 Å². The molecule has 0 radical (unpaired) electrons. The van der Waals surface area contributed by atoms with E-state index in [0.717, 1.165) is 12.8 Å². The predicted octanol–water partition coefficient (Wildman–Crippen LogP) is 3.36. The first kappa shape index (κ1) is 16.1. The highest BCUT2D eigenvalue weighted by Gasteiger charge is 2.15. The van der Waals surface area contributed by atoms with Crippen LogP contribution in [-0.4, -0.2) is 24.2 Å². The summed E-state index contributed by atoms with van der Waals surface area (Å²) in [6, 6.07) is 2.82. The Hall–Kier alpha value is -1.27. The molecule has 1 aliphatic carbocycles. The van der Waals surface area contributed by atoms with Gasteiger partial charge in [0.2, 0.25) is 0 Å². The Morgan fingerprint density at radius 1 is 1.24 bits per heavy atom. The van der Waals surface area contributed by atoms with E-state index >= 15 is 0 Å². The van der Waals surface area contributed by atoms with Crippen LogP contribution in [0.25, 0.3) is 0 Å². The van der Waals surface area contributed by atoms with Crippen molar-refractivity contribution in [1.82, 2.24) is 0 Å². The smallest absolute Gasteiger partial charge is 0.182 e. The van der Waals surface area contributed by atoms with E-state index in [1.165, 1.54) is 31.4 Å². The van der Waals surface area contributed by atoms with E-state index < -0.39 is 11.6 Å². The van der Waals surface area contributed by atoms with Crippen molar-refractivity contribution in [2.75, 3.05) is 18.5 Å².